The first-order chi connectivity index (χ1) is 11.2. The molecule has 0 aliphatic rings. The second kappa shape index (κ2) is 10.1. The third kappa shape index (κ3) is 14.5. The summed E-state index contributed by atoms with van der Waals surface area (Å²) in [7, 11) is -14.7. The topological polar surface area (TPSA) is 164 Å². The van der Waals surface area contributed by atoms with Gasteiger partial charge in [0.2, 0.25) is 0 Å². The Hall–Kier alpha value is -0.320. The smallest absolute Gasteiger partial charge is 0.272 e. The van der Waals surface area contributed by atoms with Crippen molar-refractivity contribution in [1.29, 1.82) is 0 Å². The zero-order valence-corrected chi connectivity index (χ0v) is 17.0. The Labute approximate surface area is 148 Å². The summed E-state index contributed by atoms with van der Waals surface area (Å²) >= 11 is 0. The van der Waals surface area contributed by atoms with Crippen molar-refractivity contribution in [3.63, 3.8) is 0 Å². The van der Waals surface area contributed by atoms with Crippen LogP contribution in [0, 0.1) is 0 Å². The molecule has 0 aliphatic heterocycles. The van der Waals surface area contributed by atoms with Crippen LogP contribution in [0.2, 0.25) is 0 Å². The maximum Gasteiger partial charge on any atom is 0.293 e. The monoisotopic (exact) mass is 446 g/mol. The highest BCUT2D eigenvalue weighted by atomic mass is 32.2. The van der Waals surface area contributed by atoms with E-state index in [1.54, 1.807) is 0 Å². The molecule has 0 saturated carbocycles. The second-order valence-electron chi connectivity index (χ2n) is 5.06. The van der Waals surface area contributed by atoms with Crippen molar-refractivity contribution in [1.82, 2.24) is 0 Å². The number of rotatable bonds is 14. The molecule has 25 heavy (non-hydrogen) atoms. The first-order valence-electron chi connectivity index (χ1n) is 6.88. The molecule has 0 radical (unpaired) electrons. The molecule has 0 aromatic heterocycles. The lowest BCUT2D eigenvalue weighted by Crippen LogP contribution is -2.18. The van der Waals surface area contributed by atoms with Gasteiger partial charge in [0, 0.05) is 6.26 Å². The summed E-state index contributed by atoms with van der Waals surface area (Å²) in [5, 5.41) is 0. The van der Waals surface area contributed by atoms with Gasteiger partial charge in [-0.1, -0.05) is 12.8 Å². The van der Waals surface area contributed by atoms with E-state index in [9.17, 15) is 33.7 Å². The minimum atomic E-state index is -4.05. The van der Waals surface area contributed by atoms with E-state index in [0.29, 0.717) is 12.8 Å². The van der Waals surface area contributed by atoms with Crippen molar-refractivity contribution in [3.05, 3.63) is 0 Å². The molecule has 0 fully saturated rings. The lowest BCUT2D eigenvalue weighted by Gasteiger charge is -2.06. The van der Waals surface area contributed by atoms with Gasteiger partial charge in [-0.3, -0.25) is 12.5 Å². The van der Waals surface area contributed by atoms with E-state index >= 15 is 0 Å². The van der Waals surface area contributed by atoms with E-state index in [1.165, 1.54) is 0 Å². The Kier molecular flexibility index (Phi) is 10.00. The van der Waals surface area contributed by atoms with Gasteiger partial charge >= 0.3 is 0 Å². The van der Waals surface area contributed by atoms with Gasteiger partial charge in [-0.25, -0.2) is 8.42 Å². The molecule has 152 valence electrons. The quantitative estimate of drug-likeness (QED) is 0.242. The summed E-state index contributed by atoms with van der Waals surface area (Å²) in [5.41, 5.74) is 0. The van der Waals surface area contributed by atoms with Gasteiger partial charge in [0.15, 0.2) is 21.7 Å². The Balaban J connectivity index is 4.03. The van der Waals surface area contributed by atoms with Crippen LogP contribution < -0.4 is 0 Å². The molecule has 0 aromatic carbocycles. The maximum absolute atomic E-state index is 11.4. The Morgan fingerprint density at radius 3 is 1.36 bits per heavy atom. The van der Waals surface area contributed by atoms with Crippen molar-refractivity contribution >= 4 is 40.2 Å². The highest BCUT2D eigenvalue weighted by molar-refractivity contribution is 7.92. The number of hydrogen-bond donors (Lipinski definition) is 0. The van der Waals surface area contributed by atoms with Crippen LogP contribution in [0.15, 0.2) is 0 Å². The maximum atomic E-state index is 11.4. The molecule has 0 heterocycles. The first kappa shape index (κ1) is 24.7. The van der Waals surface area contributed by atoms with E-state index in [-0.39, 0.29) is 12.8 Å². The van der Waals surface area contributed by atoms with Crippen LogP contribution in [-0.4, -0.2) is 70.4 Å². The highest BCUT2D eigenvalue weighted by Gasteiger charge is 2.18. The summed E-state index contributed by atoms with van der Waals surface area (Å²) < 4.78 is 102. The third-order valence-electron chi connectivity index (χ3n) is 2.61. The van der Waals surface area contributed by atoms with Crippen molar-refractivity contribution in [3.8, 4) is 0 Å². The first-order valence-corrected chi connectivity index (χ1v) is 13.7. The molecule has 0 spiro atoms. The number of unbranched alkanes of at least 4 members (excludes halogenated alkanes) is 3. The molecule has 0 aromatic rings. The summed E-state index contributed by atoms with van der Waals surface area (Å²) in [4.78, 5) is 0. The summed E-state index contributed by atoms with van der Waals surface area (Å²) in [6, 6.07) is 0. The van der Waals surface area contributed by atoms with E-state index in [1.807, 2.05) is 0 Å². The minimum absolute atomic E-state index is 0.138. The molecule has 0 saturated heterocycles. The largest absolute Gasteiger partial charge is 0.293 e. The number of hydrogen-bond acceptors (Lipinski definition) is 11. The average Bonchev–Trinajstić information content (AvgIpc) is 2.47. The predicted octanol–water partition coefficient (Wildman–Crippen LogP) is -0.825. The van der Waals surface area contributed by atoms with Gasteiger partial charge < -0.3 is 0 Å². The summed E-state index contributed by atoms with van der Waals surface area (Å²) in [5.74, 6) is -2.85. The number of sulfone groups is 1. The molecule has 0 unspecified atom stereocenters. The van der Waals surface area contributed by atoms with E-state index < -0.39 is 63.6 Å². The van der Waals surface area contributed by atoms with Gasteiger partial charge in [0.1, 0.15) is 0 Å². The summed E-state index contributed by atoms with van der Waals surface area (Å²) in [6.45, 7) is 0. The fraction of sp³-hybridized carbons (Fsp3) is 1.00. The highest BCUT2D eigenvalue weighted by Crippen LogP contribution is 2.08. The second-order valence-corrected chi connectivity index (χ2v) is 12.3. The van der Waals surface area contributed by atoms with Crippen molar-refractivity contribution in [2.75, 3.05) is 36.7 Å². The zero-order chi connectivity index (χ0) is 19.8. The molecule has 0 rings (SSSR count). The van der Waals surface area contributed by atoms with Gasteiger partial charge in [0.25, 0.3) is 30.4 Å². The van der Waals surface area contributed by atoms with E-state index in [2.05, 4.69) is 12.5 Å². The van der Waals surface area contributed by atoms with Crippen LogP contribution in [0.4, 0.5) is 0 Å². The molecule has 0 bridgehead atoms. The van der Waals surface area contributed by atoms with Gasteiger partial charge in [-0.15, -0.1) is 0 Å². The summed E-state index contributed by atoms with van der Waals surface area (Å²) in [6.07, 6.45) is 1.84. The fourth-order valence-corrected chi connectivity index (χ4v) is 5.16. The Morgan fingerprint density at radius 2 is 1.00 bits per heavy atom. The molecule has 0 atom stereocenters. The van der Waals surface area contributed by atoms with Crippen molar-refractivity contribution in [2.24, 2.45) is 0 Å². The lowest BCUT2D eigenvalue weighted by atomic mass is 10.2. The molecule has 15 heteroatoms. The SMILES string of the molecule is COS(=O)(=O)COS(=O)(=O)CCCCCCS(=O)(=O)OCS(C)(=O)=O. The molecular weight excluding hydrogens is 424 g/mol. The van der Waals surface area contributed by atoms with Crippen LogP contribution in [0.3, 0.4) is 0 Å². The Morgan fingerprint density at radius 1 is 0.600 bits per heavy atom. The molecule has 0 aliphatic carbocycles. The lowest BCUT2D eigenvalue weighted by molar-refractivity contribution is 0.327. The van der Waals surface area contributed by atoms with Gasteiger partial charge in [-0.05, 0) is 12.8 Å². The van der Waals surface area contributed by atoms with Crippen LogP contribution in [0.25, 0.3) is 0 Å². The zero-order valence-electron chi connectivity index (χ0n) is 13.8. The Bertz CT molecular complexity index is 806. The minimum Gasteiger partial charge on any atom is -0.272 e. The van der Waals surface area contributed by atoms with Crippen molar-refractivity contribution in [2.45, 2.75) is 25.7 Å². The van der Waals surface area contributed by atoms with Crippen LogP contribution in [0.1, 0.15) is 25.7 Å². The predicted molar refractivity (Wildman–Crippen MR) is 88.7 cm³/mol. The molecule has 0 amide bonds. The van der Waals surface area contributed by atoms with Crippen LogP contribution in [0.5, 0.6) is 0 Å². The average molecular weight is 447 g/mol. The standard InChI is InChI=1S/C10H22O11S4/c1-19-25(17,18)10-21-24(15,16)8-6-4-3-5-7-23(13,14)20-9-22(2,11)12/h3-10H2,1-2H3. The van der Waals surface area contributed by atoms with Gasteiger partial charge in [0.05, 0.1) is 18.6 Å². The fourth-order valence-electron chi connectivity index (χ4n) is 1.37. The van der Waals surface area contributed by atoms with E-state index in [0.717, 1.165) is 13.4 Å². The van der Waals surface area contributed by atoms with E-state index in [4.69, 9.17) is 0 Å². The van der Waals surface area contributed by atoms with Crippen molar-refractivity contribution < 1.29 is 46.2 Å². The van der Waals surface area contributed by atoms with Crippen LogP contribution >= 0.6 is 0 Å². The third-order valence-corrected chi connectivity index (χ3v) is 6.90. The van der Waals surface area contributed by atoms with Gasteiger partial charge in [-0.2, -0.15) is 25.3 Å². The normalized spacial score (nSPS) is 13.8. The molecule has 0 N–H and O–H groups in total. The molecular formula is C10H22O11S4. The molecule has 11 nitrogen and oxygen atoms in total. The van der Waals surface area contributed by atoms with Crippen LogP contribution in [-0.2, 0) is 52.7 Å².